The summed E-state index contributed by atoms with van der Waals surface area (Å²) in [5, 5.41) is 8.54. The summed E-state index contributed by atoms with van der Waals surface area (Å²) in [4.78, 5) is 27.1. The Hall–Kier alpha value is -2.81. The van der Waals surface area contributed by atoms with Gasteiger partial charge in [0.15, 0.2) is 0 Å². The van der Waals surface area contributed by atoms with Gasteiger partial charge in [-0.25, -0.2) is 0 Å². The third kappa shape index (κ3) is 4.58. The Bertz CT molecular complexity index is 623. The molecule has 0 atom stereocenters. The highest BCUT2D eigenvalue weighted by Crippen LogP contribution is 2.12. The molecular weight excluding hydrogens is 294 g/mol. The molecule has 1 aliphatic rings. The van der Waals surface area contributed by atoms with Crippen molar-refractivity contribution in [2.75, 3.05) is 33.3 Å². The van der Waals surface area contributed by atoms with Crippen molar-refractivity contribution in [1.82, 2.24) is 9.80 Å². The van der Waals surface area contributed by atoms with Crippen molar-refractivity contribution in [2.24, 2.45) is 0 Å². The normalized spacial score (nSPS) is 14.6. The molecule has 0 bridgehead atoms. The van der Waals surface area contributed by atoms with Crippen molar-refractivity contribution >= 4 is 17.9 Å². The highest BCUT2D eigenvalue weighted by Gasteiger charge is 2.22. The van der Waals surface area contributed by atoms with E-state index in [1.54, 1.807) is 23.0 Å². The number of carbonyl (C=O) groups is 2. The van der Waals surface area contributed by atoms with E-state index in [2.05, 4.69) is 0 Å². The van der Waals surface area contributed by atoms with E-state index in [-0.39, 0.29) is 18.2 Å². The molecular formula is C17H19N3O3. The average molecular weight is 313 g/mol. The van der Waals surface area contributed by atoms with Gasteiger partial charge in [0.25, 0.3) is 0 Å². The number of benzene rings is 1. The highest BCUT2D eigenvalue weighted by atomic mass is 16.5. The van der Waals surface area contributed by atoms with Crippen LogP contribution in [-0.2, 0) is 9.59 Å². The van der Waals surface area contributed by atoms with E-state index in [0.29, 0.717) is 26.2 Å². The first kappa shape index (κ1) is 16.6. The summed E-state index contributed by atoms with van der Waals surface area (Å²) < 4.78 is 5.09. The predicted molar refractivity (Wildman–Crippen MR) is 85.4 cm³/mol. The zero-order valence-corrected chi connectivity index (χ0v) is 13.1. The van der Waals surface area contributed by atoms with Gasteiger partial charge >= 0.3 is 0 Å². The number of nitrogens with zero attached hydrogens (tertiary/aromatic N) is 3. The topological polar surface area (TPSA) is 73.6 Å². The highest BCUT2D eigenvalue weighted by molar-refractivity contribution is 5.92. The first-order valence-corrected chi connectivity index (χ1v) is 7.40. The maximum Gasteiger partial charge on any atom is 0.246 e. The second-order valence-electron chi connectivity index (χ2n) is 5.15. The molecule has 2 amide bonds. The van der Waals surface area contributed by atoms with E-state index in [1.807, 2.05) is 30.3 Å². The van der Waals surface area contributed by atoms with E-state index >= 15 is 0 Å². The van der Waals surface area contributed by atoms with Crippen LogP contribution >= 0.6 is 0 Å². The van der Waals surface area contributed by atoms with Crippen LogP contribution in [0.3, 0.4) is 0 Å². The SMILES string of the molecule is COc1ccc(/C=C/C(=O)N2CCN(C(=O)CC#N)CC2)cc1. The molecule has 0 radical (unpaired) electrons. The maximum atomic E-state index is 12.2. The summed E-state index contributed by atoms with van der Waals surface area (Å²) in [5.74, 6) is 0.521. The standard InChI is InChI=1S/C17H19N3O3/c1-23-15-5-2-14(3-6-15)4-7-16(21)19-10-12-20(13-11-19)17(22)8-9-18/h2-7H,8,10-13H2,1H3/b7-4+. The maximum absolute atomic E-state index is 12.2. The number of nitriles is 1. The molecule has 0 saturated carbocycles. The lowest BCUT2D eigenvalue weighted by atomic mass is 10.2. The Balaban J connectivity index is 1.86. The minimum atomic E-state index is -0.173. The Morgan fingerprint density at radius 1 is 1.17 bits per heavy atom. The van der Waals surface area contributed by atoms with Gasteiger partial charge in [-0.3, -0.25) is 9.59 Å². The molecule has 0 aliphatic carbocycles. The van der Waals surface area contributed by atoms with Crippen LogP contribution in [0.4, 0.5) is 0 Å². The summed E-state index contributed by atoms with van der Waals surface area (Å²) in [6.07, 6.45) is 3.19. The number of amides is 2. The van der Waals surface area contributed by atoms with Crippen molar-refractivity contribution in [3.05, 3.63) is 35.9 Å². The number of hydrogen-bond acceptors (Lipinski definition) is 4. The molecule has 6 heteroatoms. The van der Waals surface area contributed by atoms with Crippen LogP contribution in [0.1, 0.15) is 12.0 Å². The molecule has 1 heterocycles. The van der Waals surface area contributed by atoms with Gasteiger partial charge in [0.2, 0.25) is 11.8 Å². The second kappa shape index (κ2) is 7.99. The van der Waals surface area contributed by atoms with E-state index in [0.717, 1.165) is 11.3 Å². The minimum Gasteiger partial charge on any atom is -0.497 e. The molecule has 23 heavy (non-hydrogen) atoms. The smallest absolute Gasteiger partial charge is 0.246 e. The molecule has 0 N–H and O–H groups in total. The number of carbonyl (C=O) groups excluding carboxylic acids is 2. The molecule has 1 saturated heterocycles. The summed E-state index contributed by atoms with van der Waals surface area (Å²) in [6, 6.07) is 9.28. The molecule has 120 valence electrons. The van der Waals surface area contributed by atoms with Crippen LogP contribution in [0.5, 0.6) is 5.75 Å². The van der Waals surface area contributed by atoms with Crippen LogP contribution in [0.2, 0.25) is 0 Å². The van der Waals surface area contributed by atoms with Gasteiger partial charge in [-0.1, -0.05) is 12.1 Å². The zero-order chi connectivity index (χ0) is 16.7. The fourth-order valence-electron chi connectivity index (χ4n) is 2.34. The first-order chi connectivity index (χ1) is 11.1. The van der Waals surface area contributed by atoms with E-state index in [1.165, 1.54) is 6.08 Å². The third-order valence-corrected chi connectivity index (χ3v) is 3.71. The predicted octanol–water partition coefficient (Wildman–Crippen LogP) is 1.29. The minimum absolute atomic E-state index is 0.0757. The molecule has 0 unspecified atom stereocenters. The number of ether oxygens (including phenoxy) is 1. The van der Waals surface area contributed by atoms with Gasteiger partial charge in [-0.15, -0.1) is 0 Å². The summed E-state index contributed by atoms with van der Waals surface area (Å²) in [6.45, 7) is 1.93. The van der Waals surface area contributed by atoms with Crippen LogP contribution in [-0.4, -0.2) is 54.9 Å². The monoisotopic (exact) mass is 313 g/mol. The lowest BCUT2D eigenvalue weighted by molar-refractivity contribution is -0.136. The van der Waals surface area contributed by atoms with Crippen molar-refractivity contribution < 1.29 is 14.3 Å². The van der Waals surface area contributed by atoms with E-state index < -0.39 is 0 Å². The number of hydrogen-bond donors (Lipinski definition) is 0. The molecule has 0 aromatic heterocycles. The summed E-state index contributed by atoms with van der Waals surface area (Å²) >= 11 is 0. The van der Waals surface area contributed by atoms with Gasteiger partial charge in [-0.2, -0.15) is 5.26 Å². The van der Waals surface area contributed by atoms with Crippen molar-refractivity contribution in [3.8, 4) is 11.8 Å². The number of methoxy groups -OCH3 is 1. The first-order valence-electron chi connectivity index (χ1n) is 7.40. The Labute approximate surface area is 135 Å². The molecule has 1 aliphatic heterocycles. The summed E-state index contributed by atoms with van der Waals surface area (Å²) in [5.41, 5.74) is 0.919. The van der Waals surface area contributed by atoms with Crippen LogP contribution < -0.4 is 4.74 Å². The Morgan fingerprint density at radius 2 is 1.78 bits per heavy atom. The van der Waals surface area contributed by atoms with Gasteiger partial charge in [0.1, 0.15) is 12.2 Å². The van der Waals surface area contributed by atoms with E-state index in [4.69, 9.17) is 10.00 Å². The van der Waals surface area contributed by atoms with Crippen LogP contribution in [0.15, 0.2) is 30.3 Å². The Kier molecular flexibility index (Phi) is 5.75. The van der Waals surface area contributed by atoms with E-state index in [9.17, 15) is 9.59 Å². The lowest BCUT2D eigenvalue weighted by Gasteiger charge is -2.33. The fourth-order valence-corrected chi connectivity index (χ4v) is 2.34. The van der Waals surface area contributed by atoms with Gasteiger partial charge < -0.3 is 14.5 Å². The molecule has 1 aromatic carbocycles. The zero-order valence-electron chi connectivity index (χ0n) is 13.1. The van der Waals surface area contributed by atoms with Crippen molar-refractivity contribution in [3.63, 3.8) is 0 Å². The molecule has 2 rings (SSSR count). The second-order valence-corrected chi connectivity index (χ2v) is 5.15. The van der Waals surface area contributed by atoms with Crippen molar-refractivity contribution in [2.45, 2.75) is 6.42 Å². The van der Waals surface area contributed by atoms with Gasteiger partial charge in [0.05, 0.1) is 13.2 Å². The van der Waals surface area contributed by atoms with Gasteiger partial charge in [0, 0.05) is 32.3 Å². The summed E-state index contributed by atoms with van der Waals surface area (Å²) in [7, 11) is 1.61. The number of rotatable bonds is 4. The molecule has 6 nitrogen and oxygen atoms in total. The molecule has 1 fully saturated rings. The quantitative estimate of drug-likeness (QED) is 0.785. The largest absolute Gasteiger partial charge is 0.497 e. The number of piperazine rings is 1. The van der Waals surface area contributed by atoms with Gasteiger partial charge in [-0.05, 0) is 23.8 Å². The Morgan fingerprint density at radius 3 is 2.35 bits per heavy atom. The molecule has 1 aromatic rings. The molecule has 0 spiro atoms. The average Bonchev–Trinajstić information content (AvgIpc) is 2.60. The van der Waals surface area contributed by atoms with Crippen LogP contribution in [0, 0.1) is 11.3 Å². The third-order valence-electron chi connectivity index (χ3n) is 3.71. The van der Waals surface area contributed by atoms with Crippen LogP contribution in [0.25, 0.3) is 6.08 Å². The fraction of sp³-hybridized carbons (Fsp3) is 0.353. The lowest BCUT2D eigenvalue weighted by Crippen LogP contribution is -2.50. The van der Waals surface area contributed by atoms with Crippen molar-refractivity contribution in [1.29, 1.82) is 5.26 Å².